The number of carbonyl (C=O) groups is 3. The largest absolute Gasteiger partial charge is 0.453 e. The van der Waals surface area contributed by atoms with Gasteiger partial charge in [0.25, 0.3) is 5.56 Å². The summed E-state index contributed by atoms with van der Waals surface area (Å²) in [6, 6.07) is 11.9. The molecule has 9 rings (SSSR count). The molecule has 354 valence electrons. The lowest BCUT2D eigenvalue weighted by molar-refractivity contribution is -0.142. The molecule has 0 aliphatic carbocycles. The maximum atomic E-state index is 15.5. The van der Waals surface area contributed by atoms with Gasteiger partial charge in [0.2, 0.25) is 11.8 Å². The minimum atomic E-state index is -1.12. The Balaban J connectivity index is 0.000000197. The topological polar surface area (TPSA) is 205 Å². The highest BCUT2D eigenvalue weighted by Gasteiger charge is 2.42. The predicted molar refractivity (Wildman–Crippen MR) is 249 cm³/mol. The first-order valence-corrected chi connectivity index (χ1v) is 23.0. The Labute approximate surface area is 389 Å². The first-order valence-electron chi connectivity index (χ1n) is 22.3. The number of aromatic nitrogens is 4. The number of benzene rings is 3. The van der Waals surface area contributed by atoms with E-state index in [1.165, 1.54) is 54.7 Å². The van der Waals surface area contributed by atoms with E-state index in [0.717, 1.165) is 43.7 Å². The highest BCUT2D eigenvalue weighted by molar-refractivity contribution is 7.98. The van der Waals surface area contributed by atoms with E-state index in [2.05, 4.69) is 19.8 Å². The summed E-state index contributed by atoms with van der Waals surface area (Å²) in [5.74, 6) is -1.07. The number of halogens is 2. The highest BCUT2D eigenvalue weighted by Crippen LogP contribution is 2.39. The second-order valence-corrected chi connectivity index (χ2v) is 18.4. The van der Waals surface area contributed by atoms with Crippen LogP contribution in [0.5, 0.6) is 11.5 Å². The second kappa shape index (κ2) is 19.5. The Morgan fingerprint density at radius 3 is 2.48 bits per heavy atom. The van der Waals surface area contributed by atoms with E-state index in [4.69, 9.17) is 9.47 Å². The van der Waals surface area contributed by atoms with Crippen LogP contribution in [0.2, 0.25) is 0 Å². The summed E-state index contributed by atoms with van der Waals surface area (Å²) >= 11 is 1.28. The van der Waals surface area contributed by atoms with Crippen LogP contribution >= 0.6 is 12.1 Å². The molecule has 0 radical (unpaired) electrons. The number of imide groups is 1. The number of aliphatic hydroxyl groups is 1. The number of urea groups is 1. The molecular formula is C46H53F2N11O7S. The zero-order valence-electron chi connectivity index (χ0n) is 37.8. The molecule has 0 unspecified atom stereocenters. The fraction of sp³-hybridized carbons (Fsp3) is 0.457. The number of rotatable bonds is 10. The van der Waals surface area contributed by atoms with Gasteiger partial charge in [0.15, 0.2) is 17.4 Å². The van der Waals surface area contributed by atoms with Crippen molar-refractivity contribution in [3.05, 3.63) is 76.3 Å². The van der Waals surface area contributed by atoms with Gasteiger partial charge in [0, 0.05) is 83.9 Å². The van der Waals surface area contributed by atoms with Crippen LogP contribution in [0, 0.1) is 23.0 Å². The number of amides is 4. The molecule has 4 aliphatic heterocycles. The number of nitrogens with zero attached hydrogens (tertiary/aromatic N) is 9. The molecule has 67 heavy (non-hydrogen) atoms. The van der Waals surface area contributed by atoms with Gasteiger partial charge in [-0.2, -0.15) is 10.4 Å². The minimum Gasteiger partial charge on any atom is -0.453 e. The summed E-state index contributed by atoms with van der Waals surface area (Å²) in [7, 11) is 5.04. The molecule has 4 fully saturated rings. The van der Waals surface area contributed by atoms with E-state index in [1.807, 2.05) is 34.1 Å². The van der Waals surface area contributed by atoms with E-state index in [-0.39, 0.29) is 59.4 Å². The number of aromatic amines is 1. The Kier molecular flexibility index (Phi) is 13.7. The van der Waals surface area contributed by atoms with Crippen LogP contribution in [0.25, 0.3) is 21.8 Å². The third-order valence-corrected chi connectivity index (χ3v) is 14.0. The molecule has 0 atom stereocenters. The van der Waals surface area contributed by atoms with E-state index >= 15 is 4.39 Å². The average molecular weight is 942 g/mol. The minimum absolute atomic E-state index is 0.0292. The quantitative estimate of drug-likeness (QED) is 0.137. The van der Waals surface area contributed by atoms with Crippen molar-refractivity contribution in [2.75, 3.05) is 74.5 Å². The van der Waals surface area contributed by atoms with E-state index in [1.54, 1.807) is 29.9 Å². The molecule has 4 aliphatic rings. The lowest BCUT2D eigenvalue weighted by Gasteiger charge is -2.42. The average Bonchev–Trinajstić information content (AvgIpc) is 3.91. The zero-order chi connectivity index (χ0) is 47.6. The maximum Gasteiger partial charge on any atom is 0.332 e. The van der Waals surface area contributed by atoms with Gasteiger partial charge in [-0.1, -0.05) is 6.92 Å². The zero-order valence-corrected chi connectivity index (χ0v) is 38.6. The first-order chi connectivity index (χ1) is 32.1. The van der Waals surface area contributed by atoms with Crippen molar-refractivity contribution in [1.82, 2.24) is 33.9 Å². The van der Waals surface area contributed by atoms with Crippen molar-refractivity contribution >= 4 is 69.0 Å². The van der Waals surface area contributed by atoms with Gasteiger partial charge in [-0.05, 0) is 88.0 Å². The maximum absolute atomic E-state index is 15.5. The Morgan fingerprint density at radius 2 is 1.78 bits per heavy atom. The summed E-state index contributed by atoms with van der Waals surface area (Å²) in [5.41, 5.74) is 0.492. The highest BCUT2D eigenvalue weighted by atomic mass is 32.2. The van der Waals surface area contributed by atoms with Crippen molar-refractivity contribution in [3.8, 4) is 17.6 Å². The Hall–Kier alpha value is -6.34. The van der Waals surface area contributed by atoms with Crippen LogP contribution in [0.3, 0.4) is 0 Å². The van der Waals surface area contributed by atoms with Gasteiger partial charge in [-0.15, -0.1) is 0 Å². The summed E-state index contributed by atoms with van der Waals surface area (Å²) in [5, 5.41) is 26.1. The number of fused-ring (bicyclic) bond motifs is 2. The number of ether oxygens (including phenoxy) is 2. The lowest BCUT2D eigenvalue weighted by atomic mass is 9.85. The van der Waals surface area contributed by atoms with Crippen molar-refractivity contribution in [1.29, 1.82) is 5.26 Å². The molecule has 4 saturated heterocycles. The molecule has 3 aromatic carbocycles. The number of H-pyrrole nitrogens is 1. The lowest BCUT2D eigenvalue weighted by Crippen LogP contribution is -2.51. The van der Waals surface area contributed by atoms with Crippen LogP contribution in [-0.2, 0) is 21.4 Å². The molecule has 3 N–H and O–H groups in total. The fourth-order valence-electron chi connectivity index (χ4n) is 8.97. The number of hydrogen-bond acceptors (Lipinski definition) is 14. The standard InChI is InChI=1S/C28H37FN6O5.C18H16FN5O2S/c1-31-23(36)4-10-35(26(31)38)25-19-16-20(29)22(17-21(19)32(2)30-25)33-11-6-27(39,7-12-33)18-24(37)34-13-8-28(9-14-34)5-3-15-40-28;1-3-24(2)27-23-16-7-5-14(19)17(13(16)9-20)26-11-4-6-15-12(8-11)18(25)22-10-21-15/h16-17,39H,3-15,18H2,1-2H3;4-8,10,23H,3H2,1-2H3,(H,21,22,25). The third-order valence-electron chi connectivity index (χ3n) is 13.1. The van der Waals surface area contributed by atoms with Gasteiger partial charge in [-0.3, -0.25) is 28.9 Å². The molecule has 0 saturated carbocycles. The summed E-state index contributed by atoms with van der Waals surface area (Å²) in [6.07, 6.45) is 6.11. The van der Waals surface area contributed by atoms with Crippen molar-refractivity contribution in [3.63, 3.8) is 0 Å². The summed E-state index contributed by atoms with van der Waals surface area (Å²) in [6.45, 7) is 5.89. The first kappa shape index (κ1) is 47.2. The molecule has 2 aromatic heterocycles. The number of carbonyl (C=O) groups excluding carboxylic acids is 3. The summed E-state index contributed by atoms with van der Waals surface area (Å²) < 4.78 is 48.0. The van der Waals surface area contributed by atoms with Gasteiger partial charge < -0.3 is 34.1 Å². The smallest absolute Gasteiger partial charge is 0.332 e. The Bertz CT molecular complexity index is 2790. The molecule has 5 aromatic rings. The van der Waals surface area contributed by atoms with Crippen LogP contribution in [0.15, 0.2) is 53.6 Å². The van der Waals surface area contributed by atoms with Crippen LogP contribution < -0.4 is 24.8 Å². The molecule has 4 amide bonds. The van der Waals surface area contributed by atoms with E-state index < -0.39 is 23.3 Å². The molecular weight excluding hydrogens is 889 g/mol. The Morgan fingerprint density at radius 1 is 1.01 bits per heavy atom. The van der Waals surface area contributed by atoms with Gasteiger partial charge >= 0.3 is 6.03 Å². The SMILES string of the molecule is CCN(C)SNc1ccc(F)c(Oc2ccc3nc[nH]c(=O)c3c2)c1C#N.CN1C(=O)CCN(c2nn(C)c3cc(N4CCC(O)(CC(=O)N5CCC6(CCCO6)CC5)CC4)c(F)cc23)C1=O. The fourth-order valence-corrected chi connectivity index (χ4v) is 9.52. The van der Waals surface area contributed by atoms with E-state index in [0.29, 0.717) is 78.0 Å². The van der Waals surface area contributed by atoms with Crippen molar-refractivity contribution in [2.24, 2.45) is 7.05 Å². The number of hydrogen-bond donors (Lipinski definition) is 3. The number of nitrogens with one attached hydrogen (secondary N) is 2. The third kappa shape index (κ3) is 9.88. The molecule has 6 heterocycles. The van der Waals surface area contributed by atoms with Gasteiger partial charge in [-0.25, -0.2) is 22.9 Å². The van der Waals surface area contributed by atoms with Crippen LogP contribution in [-0.4, -0.2) is 128 Å². The van der Waals surface area contributed by atoms with Crippen LogP contribution in [0.1, 0.15) is 63.9 Å². The summed E-state index contributed by atoms with van der Waals surface area (Å²) in [4.78, 5) is 62.3. The van der Waals surface area contributed by atoms with Crippen molar-refractivity contribution in [2.45, 2.75) is 69.5 Å². The molecule has 21 heteroatoms. The normalized spacial score (nSPS) is 18.1. The number of anilines is 3. The van der Waals surface area contributed by atoms with E-state index in [9.17, 15) is 33.9 Å². The van der Waals surface area contributed by atoms with Gasteiger partial charge in [0.1, 0.15) is 23.2 Å². The second-order valence-electron chi connectivity index (χ2n) is 17.4. The monoisotopic (exact) mass is 941 g/mol. The number of aryl methyl sites for hydroxylation is 1. The molecule has 18 nitrogen and oxygen atoms in total. The van der Waals surface area contributed by atoms with Crippen LogP contribution in [0.4, 0.5) is 30.8 Å². The van der Waals surface area contributed by atoms with Gasteiger partial charge in [0.05, 0.1) is 51.7 Å². The predicted octanol–water partition coefficient (Wildman–Crippen LogP) is 6.05. The number of nitriles is 1. The number of piperidine rings is 2. The molecule has 0 bridgehead atoms. The van der Waals surface area contributed by atoms with Crippen molar-refractivity contribution < 1.29 is 37.7 Å². The molecule has 1 spiro atoms. The number of likely N-dealkylation sites (tertiary alicyclic amines) is 1.